The SMILES string of the molecule is Nc1ccc([C@@H](C(=O)O)N2CC=C(c3ccccc3)CC2)cn1. The molecule has 3 rings (SSSR count). The topological polar surface area (TPSA) is 79.5 Å². The van der Waals surface area contributed by atoms with Crippen molar-refractivity contribution in [2.45, 2.75) is 12.5 Å². The fourth-order valence-electron chi connectivity index (χ4n) is 2.92. The first-order valence-electron chi connectivity index (χ1n) is 7.58. The van der Waals surface area contributed by atoms with Crippen molar-refractivity contribution in [3.8, 4) is 0 Å². The maximum atomic E-state index is 11.7. The van der Waals surface area contributed by atoms with Gasteiger partial charge in [-0.25, -0.2) is 4.98 Å². The van der Waals surface area contributed by atoms with Gasteiger partial charge in [0, 0.05) is 19.3 Å². The van der Waals surface area contributed by atoms with Crippen LogP contribution in [0.4, 0.5) is 5.82 Å². The van der Waals surface area contributed by atoms with Crippen molar-refractivity contribution in [1.82, 2.24) is 9.88 Å². The number of rotatable bonds is 4. The minimum atomic E-state index is -0.867. The molecule has 0 unspecified atom stereocenters. The van der Waals surface area contributed by atoms with Crippen LogP contribution in [0, 0.1) is 0 Å². The number of anilines is 1. The fraction of sp³-hybridized carbons (Fsp3) is 0.222. The van der Waals surface area contributed by atoms with E-state index in [0.717, 1.165) is 6.42 Å². The molecular formula is C18H19N3O2. The van der Waals surface area contributed by atoms with E-state index in [4.69, 9.17) is 5.73 Å². The molecule has 118 valence electrons. The molecule has 1 aromatic heterocycles. The largest absolute Gasteiger partial charge is 0.480 e. The smallest absolute Gasteiger partial charge is 0.325 e. The fourth-order valence-corrected chi connectivity index (χ4v) is 2.92. The lowest BCUT2D eigenvalue weighted by Crippen LogP contribution is -2.37. The third kappa shape index (κ3) is 3.40. The van der Waals surface area contributed by atoms with E-state index < -0.39 is 12.0 Å². The Labute approximate surface area is 135 Å². The Morgan fingerprint density at radius 3 is 2.57 bits per heavy atom. The number of nitrogens with zero attached hydrogens (tertiary/aromatic N) is 2. The van der Waals surface area contributed by atoms with Crippen LogP contribution in [0.15, 0.2) is 54.7 Å². The number of benzene rings is 1. The Morgan fingerprint density at radius 1 is 1.22 bits per heavy atom. The maximum Gasteiger partial charge on any atom is 0.325 e. The third-order valence-corrected chi connectivity index (χ3v) is 4.11. The van der Waals surface area contributed by atoms with Gasteiger partial charge in [0.05, 0.1) is 0 Å². The van der Waals surface area contributed by atoms with Gasteiger partial charge in [-0.05, 0) is 29.2 Å². The molecule has 1 aromatic carbocycles. The summed E-state index contributed by atoms with van der Waals surface area (Å²) in [5.41, 5.74) is 8.71. The molecule has 0 radical (unpaired) electrons. The zero-order valence-corrected chi connectivity index (χ0v) is 12.7. The number of carbonyl (C=O) groups is 1. The molecule has 0 bridgehead atoms. The van der Waals surface area contributed by atoms with Crippen LogP contribution in [-0.4, -0.2) is 34.0 Å². The number of hydrogen-bond acceptors (Lipinski definition) is 4. The molecule has 1 atom stereocenters. The first kappa shape index (κ1) is 15.2. The molecule has 1 aliphatic rings. The Kier molecular flexibility index (Phi) is 4.39. The molecule has 0 spiro atoms. The second kappa shape index (κ2) is 6.62. The minimum absolute atomic E-state index is 0.391. The van der Waals surface area contributed by atoms with Gasteiger partial charge in [0.2, 0.25) is 0 Å². The predicted molar refractivity (Wildman–Crippen MR) is 89.6 cm³/mol. The minimum Gasteiger partial charge on any atom is -0.480 e. The number of pyridine rings is 1. The Bertz CT molecular complexity index is 711. The standard InChI is InChI=1S/C18H19N3O2/c19-16-7-6-15(12-20-16)17(18(22)23)21-10-8-14(9-11-21)13-4-2-1-3-5-13/h1-8,12,17H,9-11H2,(H2,19,20)(H,22,23)/t17-/m0/s1. The van der Waals surface area contributed by atoms with E-state index in [9.17, 15) is 9.90 Å². The first-order valence-corrected chi connectivity index (χ1v) is 7.58. The molecule has 0 fully saturated rings. The zero-order valence-electron chi connectivity index (χ0n) is 12.7. The highest BCUT2D eigenvalue weighted by Gasteiger charge is 2.28. The van der Waals surface area contributed by atoms with E-state index >= 15 is 0 Å². The van der Waals surface area contributed by atoms with Gasteiger partial charge in [0.1, 0.15) is 11.9 Å². The number of carboxylic acids is 1. The van der Waals surface area contributed by atoms with Crippen LogP contribution >= 0.6 is 0 Å². The van der Waals surface area contributed by atoms with Gasteiger partial charge in [0.25, 0.3) is 0 Å². The molecule has 5 heteroatoms. The van der Waals surface area contributed by atoms with Crippen LogP contribution in [0.3, 0.4) is 0 Å². The molecular weight excluding hydrogens is 290 g/mol. The van der Waals surface area contributed by atoms with E-state index in [-0.39, 0.29) is 0 Å². The lowest BCUT2D eigenvalue weighted by atomic mass is 9.97. The van der Waals surface area contributed by atoms with E-state index in [1.807, 2.05) is 23.1 Å². The molecule has 0 aliphatic carbocycles. The molecule has 0 saturated carbocycles. The first-order chi connectivity index (χ1) is 11.1. The molecule has 1 aliphatic heterocycles. The molecule has 3 N–H and O–H groups in total. The average molecular weight is 309 g/mol. The molecule has 2 aromatic rings. The lowest BCUT2D eigenvalue weighted by molar-refractivity contribution is -0.143. The van der Waals surface area contributed by atoms with E-state index in [1.54, 1.807) is 18.3 Å². The molecule has 23 heavy (non-hydrogen) atoms. The van der Waals surface area contributed by atoms with Gasteiger partial charge in [0.15, 0.2) is 0 Å². The average Bonchev–Trinajstić information content (AvgIpc) is 2.58. The molecule has 0 amide bonds. The number of aromatic nitrogens is 1. The second-order valence-corrected chi connectivity index (χ2v) is 5.60. The number of carboxylic acid groups (broad SMARTS) is 1. The van der Waals surface area contributed by atoms with Gasteiger partial charge in [-0.2, -0.15) is 0 Å². The van der Waals surface area contributed by atoms with Crippen LogP contribution in [-0.2, 0) is 4.79 Å². The summed E-state index contributed by atoms with van der Waals surface area (Å²) in [6, 6.07) is 12.9. The summed E-state index contributed by atoms with van der Waals surface area (Å²) >= 11 is 0. The zero-order chi connectivity index (χ0) is 16.2. The Balaban J connectivity index is 1.80. The summed E-state index contributed by atoms with van der Waals surface area (Å²) in [6.45, 7) is 1.30. The van der Waals surface area contributed by atoms with Crippen molar-refractivity contribution in [3.63, 3.8) is 0 Å². The Hall–Kier alpha value is -2.66. The quantitative estimate of drug-likeness (QED) is 0.907. The summed E-state index contributed by atoms with van der Waals surface area (Å²) in [5.74, 6) is -0.476. The highest BCUT2D eigenvalue weighted by Crippen LogP contribution is 2.28. The molecule has 5 nitrogen and oxygen atoms in total. The van der Waals surface area contributed by atoms with Crippen molar-refractivity contribution in [3.05, 3.63) is 65.9 Å². The van der Waals surface area contributed by atoms with Crippen LogP contribution in [0.5, 0.6) is 0 Å². The predicted octanol–water partition coefficient (Wildman–Crippen LogP) is 2.58. The van der Waals surface area contributed by atoms with Gasteiger partial charge in [-0.3, -0.25) is 9.69 Å². The second-order valence-electron chi connectivity index (χ2n) is 5.60. The van der Waals surface area contributed by atoms with E-state index in [1.165, 1.54) is 11.1 Å². The number of hydrogen-bond donors (Lipinski definition) is 2. The van der Waals surface area contributed by atoms with Crippen LogP contribution < -0.4 is 5.73 Å². The Morgan fingerprint density at radius 2 is 2.00 bits per heavy atom. The van der Waals surface area contributed by atoms with E-state index in [2.05, 4.69) is 23.2 Å². The summed E-state index contributed by atoms with van der Waals surface area (Å²) in [4.78, 5) is 17.7. The van der Waals surface area contributed by atoms with Gasteiger partial charge < -0.3 is 10.8 Å². The molecule has 0 saturated heterocycles. The maximum absolute atomic E-state index is 11.7. The van der Waals surface area contributed by atoms with Gasteiger partial charge >= 0.3 is 5.97 Å². The summed E-state index contributed by atoms with van der Waals surface area (Å²) in [7, 11) is 0. The van der Waals surface area contributed by atoms with Crippen molar-refractivity contribution in [1.29, 1.82) is 0 Å². The van der Waals surface area contributed by atoms with Crippen molar-refractivity contribution < 1.29 is 9.90 Å². The van der Waals surface area contributed by atoms with Crippen molar-refractivity contribution >= 4 is 17.4 Å². The normalized spacial score (nSPS) is 16.6. The third-order valence-electron chi connectivity index (χ3n) is 4.11. The van der Waals surface area contributed by atoms with Gasteiger partial charge in [-0.15, -0.1) is 0 Å². The van der Waals surface area contributed by atoms with Crippen LogP contribution in [0.2, 0.25) is 0 Å². The van der Waals surface area contributed by atoms with E-state index in [0.29, 0.717) is 24.5 Å². The lowest BCUT2D eigenvalue weighted by Gasteiger charge is -2.31. The number of nitrogen functional groups attached to an aromatic ring is 1. The van der Waals surface area contributed by atoms with Crippen molar-refractivity contribution in [2.75, 3.05) is 18.8 Å². The summed E-state index contributed by atoms with van der Waals surface area (Å²) in [5, 5.41) is 9.61. The highest BCUT2D eigenvalue weighted by molar-refractivity contribution is 5.76. The molecule has 2 heterocycles. The number of aliphatic carboxylic acids is 1. The van der Waals surface area contributed by atoms with Crippen molar-refractivity contribution in [2.24, 2.45) is 0 Å². The summed E-state index contributed by atoms with van der Waals surface area (Å²) < 4.78 is 0. The van der Waals surface area contributed by atoms with Gasteiger partial charge in [-0.1, -0.05) is 42.5 Å². The van der Waals surface area contributed by atoms with Crippen LogP contribution in [0.25, 0.3) is 5.57 Å². The van der Waals surface area contributed by atoms with Crippen LogP contribution in [0.1, 0.15) is 23.6 Å². The monoisotopic (exact) mass is 309 g/mol. The summed E-state index contributed by atoms with van der Waals surface area (Å²) in [6.07, 6.45) is 4.49. The highest BCUT2D eigenvalue weighted by atomic mass is 16.4. The number of nitrogens with two attached hydrogens (primary N) is 1.